The van der Waals surface area contributed by atoms with Gasteiger partial charge in [-0.1, -0.05) is 25.1 Å². The molecule has 14 heteroatoms. The summed E-state index contributed by atoms with van der Waals surface area (Å²) in [5, 5.41) is 31.1. The van der Waals surface area contributed by atoms with Crippen molar-refractivity contribution >= 4 is 38.4 Å². The standard InChI is InChI=1S/C32H41N4O7S.2ClH/c1-20-24(30(32(40)41)34-29(20)27(21(2)38)31(34)39)19-33-25-6-3-5-23-17-22(18-26(28(23)25)44(33,42)43)7-9-36-13-10-35(11-14-36,12-15-36)8-4-16-37;;/h3,5-6,17-18,20-21,27,29,37-38H,4,7-16,19H2,1-2H3;2*1H/q+1;;/p-1/t20-,21+,27+,29+,35?,36?;;/m0../s1. The zero-order valence-electron chi connectivity index (χ0n) is 26.1. The first-order valence-electron chi connectivity index (χ1n) is 15.8. The molecule has 8 rings (SSSR count). The molecule has 2 aromatic rings. The third-order valence-electron chi connectivity index (χ3n) is 11.5. The van der Waals surface area contributed by atoms with E-state index < -0.39 is 45.9 Å². The van der Waals surface area contributed by atoms with Gasteiger partial charge in [0.2, 0.25) is 5.91 Å². The van der Waals surface area contributed by atoms with Crippen molar-refractivity contribution < 1.29 is 67.1 Å². The Morgan fingerprint density at radius 2 is 1.67 bits per heavy atom. The number of β-lactam (4-membered cyclic amide) rings is 1. The minimum absolute atomic E-state index is 0. The van der Waals surface area contributed by atoms with Crippen LogP contribution in [0.2, 0.25) is 0 Å². The minimum atomic E-state index is -3.99. The number of carboxylic acids is 1. The van der Waals surface area contributed by atoms with E-state index in [4.69, 9.17) is 0 Å². The van der Waals surface area contributed by atoms with Crippen molar-refractivity contribution in [3.63, 3.8) is 0 Å². The van der Waals surface area contributed by atoms with Gasteiger partial charge >= 0.3 is 5.97 Å². The lowest BCUT2D eigenvalue weighted by Crippen LogP contribution is -3.00. The predicted octanol–water partition coefficient (Wildman–Crippen LogP) is -4.86. The largest absolute Gasteiger partial charge is 1.00 e. The molecule has 3 N–H and O–H groups in total. The molecule has 0 saturated carbocycles. The lowest BCUT2D eigenvalue weighted by Gasteiger charge is -2.55. The number of aliphatic hydroxyl groups is 2. The molecule has 11 nitrogen and oxygen atoms in total. The molecule has 6 heterocycles. The van der Waals surface area contributed by atoms with Crippen LogP contribution < -0.4 is 29.1 Å². The van der Waals surface area contributed by atoms with Crippen molar-refractivity contribution in [2.75, 3.05) is 69.8 Å². The molecule has 0 spiro atoms. The molecule has 46 heavy (non-hydrogen) atoms. The van der Waals surface area contributed by atoms with Gasteiger partial charge in [-0.3, -0.25) is 9.10 Å². The van der Waals surface area contributed by atoms with Crippen LogP contribution in [-0.2, 0) is 26.0 Å². The summed E-state index contributed by atoms with van der Waals surface area (Å²) in [5.41, 5.74) is 1.72. The Hall–Kier alpha value is -2.45. The maximum atomic E-state index is 14.2. The third-order valence-corrected chi connectivity index (χ3v) is 13.2. The van der Waals surface area contributed by atoms with Gasteiger partial charge in [0.05, 0.1) is 48.3 Å². The van der Waals surface area contributed by atoms with Gasteiger partial charge in [-0.15, -0.1) is 0 Å². The lowest BCUT2D eigenvalue weighted by molar-refractivity contribution is -1.08. The number of piperazine rings is 3. The van der Waals surface area contributed by atoms with Gasteiger partial charge in [-0.05, 0) is 35.6 Å². The van der Waals surface area contributed by atoms with Gasteiger partial charge < -0.3 is 54.0 Å². The number of fused-ring (bicyclic) bond motifs is 4. The molecular formula is C32H42Cl2N4O7S. The zero-order chi connectivity index (χ0) is 31.2. The quantitative estimate of drug-likeness (QED) is 0.168. The van der Waals surface area contributed by atoms with Gasteiger partial charge in [-0.25, -0.2) is 13.2 Å². The van der Waals surface area contributed by atoms with Crippen LogP contribution in [0.15, 0.2) is 46.5 Å². The van der Waals surface area contributed by atoms with Crippen LogP contribution in [0.25, 0.3) is 10.8 Å². The Morgan fingerprint density at radius 3 is 2.26 bits per heavy atom. The van der Waals surface area contributed by atoms with E-state index in [1.807, 2.05) is 19.1 Å². The SMILES string of the molecule is C[C@@H](O)[C@H]1C(=O)N2C(C(=O)O)=C(CN3c4cccc5cc(CC[N+]67CC[N+](CCCO)(CC6)CC7)cc(c45)S3(=O)=O)[C@H](C)[C@H]12.[Cl-].[Cl-]. The molecule has 0 aliphatic carbocycles. The van der Waals surface area contributed by atoms with Gasteiger partial charge in [-0.2, -0.15) is 0 Å². The van der Waals surface area contributed by atoms with Crippen molar-refractivity contribution in [3.8, 4) is 0 Å². The number of anilines is 1. The van der Waals surface area contributed by atoms with E-state index in [0.29, 0.717) is 16.6 Å². The van der Waals surface area contributed by atoms with Crippen LogP contribution in [0.3, 0.4) is 0 Å². The number of carbonyl (C=O) groups excluding carboxylic acids is 1. The second-order valence-electron chi connectivity index (χ2n) is 13.7. The van der Waals surface area contributed by atoms with E-state index in [2.05, 4.69) is 6.07 Å². The Kier molecular flexibility index (Phi) is 9.26. The van der Waals surface area contributed by atoms with Gasteiger partial charge in [0.1, 0.15) is 45.0 Å². The number of carboxylic acid groups (broad SMARTS) is 1. The number of rotatable bonds is 10. The summed E-state index contributed by atoms with van der Waals surface area (Å²) in [4.78, 5) is 26.7. The number of carbonyl (C=O) groups is 2. The molecule has 0 radical (unpaired) electrons. The summed E-state index contributed by atoms with van der Waals surface area (Å²) < 4.78 is 31.8. The molecule has 252 valence electrons. The topological polar surface area (TPSA) is 135 Å². The normalized spacial score (nSPS) is 31.0. The highest BCUT2D eigenvalue weighted by Gasteiger charge is 2.60. The number of aliphatic carboxylic acids is 1. The fourth-order valence-electron chi connectivity index (χ4n) is 8.80. The highest BCUT2D eigenvalue weighted by molar-refractivity contribution is 7.93. The number of halogens is 2. The van der Waals surface area contributed by atoms with Crippen LogP contribution in [-0.4, -0.2) is 127 Å². The summed E-state index contributed by atoms with van der Waals surface area (Å²) in [7, 11) is -3.99. The molecule has 0 aromatic heterocycles. The summed E-state index contributed by atoms with van der Waals surface area (Å²) in [5.74, 6) is -2.84. The molecule has 6 aliphatic heterocycles. The molecule has 4 fully saturated rings. The highest BCUT2D eigenvalue weighted by Crippen LogP contribution is 2.49. The maximum absolute atomic E-state index is 14.2. The first-order chi connectivity index (χ1) is 20.9. The summed E-state index contributed by atoms with van der Waals surface area (Å²) >= 11 is 0. The van der Waals surface area contributed by atoms with E-state index in [1.54, 1.807) is 12.1 Å². The molecule has 4 atom stereocenters. The van der Waals surface area contributed by atoms with Crippen molar-refractivity contribution in [2.24, 2.45) is 11.8 Å². The number of sulfonamides is 1. The van der Waals surface area contributed by atoms with Crippen molar-refractivity contribution in [2.45, 2.75) is 43.7 Å². The highest BCUT2D eigenvalue weighted by atomic mass is 35.5. The third kappa shape index (κ3) is 5.12. The van der Waals surface area contributed by atoms with E-state index in [-0.39, 0.29) is 48.6 Å². The monoisotopic (exact) mass is 696 g/mol. The molecule has 2 bridgehead atoms. The van der Waals surface area contributed by atoms with Gasteiger partial charge in [0.25, 0.3) is 10.0 Å². The van der Waals surface area contributed by atoms with E-state index >= 15 is 0 Å². The predicted molar refractivity (Wildman–Crippen MR) is 163 cm³/mol. The first-order valence-corrected chi connectivity index (χ1v) is 17.2. The van der Waals surface area contributed by atoms with Crippen LogP contribution >= 0.6 is 0 Å². The minimum Gasteiger partial charge on any atom is -1.00 e. The Balaban J connectivity index is 0.00000208. The van der Waals surface area contributed by atoms with Crippen LogP contribution in [0.1, 0.15) is 25.8 Å². The Labute approximate surface area is 282 Å². The van der Waals surface area contributed by atoms with Gasteiger partial charge in [0, 0.05) is 30.8 Å². The van der Waals surface area contributed by atoms with Crippen molar-refractivity contribution in [1.29, 1.82) is 0 Å². The average Bonchev–Trinajstić information content (AvgIpc) is 3.37. The molecule has 1 amide bonds. The molecule has 0 unspecified atom stereocenters. The fourth-order valence-corrected chi connectivity index (χ4v) is 10.5. The average molecular weight is 698 g/mol. The Bertz CT molecular complexity index is 1690. The Morgan fingerprint density at radius 1 is 1.04 bits per heavy atom. The summed E-state index contributed by atoms with van der Waals surface area (Å²) in [6.07, 6.45) is 0.686. The van der Waals surface area contributed by atoms with Crippen molar-refractivity contribution in [3.05, 3.63) is 47.2 Å². The number of amides is 1. The number of hydrogen-bond acceptors (Lipinski definition) is 6. The van der Waals surface area contributed by atoms with E-state index in [9.17, 15) is 33.3 Å². The molecule has 6 aliphatic rings. The van der Waals surface area contributed by atoms with Crippen LogP contribution in [0, 0.1) is 11.8 Å². The second-order valence-corrected chi connectivity index (χ2v) is 15.5. The van der Waals surface area contributed by atoms with E-state index in [1.165, 1.54) is 16.1 Å². The number of hydrogen-bond donors (Lipinski definition) is 3. The fraction of sp³-hybridized carbons (Fsp3) is 0.562. The number of aliphatic hydroxyl groups excluding tert-OH is 2. The summed E-state index contributed by atoms with van der Waals surface area (Å²) in [6.45, 7) is 12.1. The molecule has 4 saturated heterocycles. The second kappa shape index (κ2) is 12.2. The lowest BCUT2D eigenvalue weighted by atomic mass is 9.78. The van der Waals surface area contributed by atoms with E-state index in [0.717, 1.165) is 85.1 Å². The maximum Gasteiger partial charge on any atom is 0.352 e. The summed E-state index contributed by atoms with van der Waals surface area (Å²) in [6, 6.07) is 8.92. The number of benzene rings is 2. The zero-order valence-corrected chi connectivity index (χ0v) is 28.4. The van der Waals surface area contributed by atoms with Crippen molar-refractivity contribution in [1.82, 2.24) is 4.90 Å². The smallest absolute Gasteiger partial charge is 0.352 e. The molecular weight excluding hydrogens is 655 g/mol. The number of nitrogens with zero attached hydrogens (tertiary/aromatic N) is 4. The van der Waals surface area contributed by atoms with Gasteiger partial charge in [0.15, 0.2) is 0 Å². The molecule has 2 aromatic carbocycles. The van der Waals surface area contributed by atoms with Crippen LogP contribution in [0.5, 0.6) is 0 Å². The first kappa shape index (κ1) is 34.9. The number of quaternary nitrogens is 2. The van der Waals surface area contributed by atoms with Crippen LogP contribution in [0.4, 0.5) is 5.69 Å².